The monoisotopic (exact) mass is 481 g/mol. The van der Waals surface area contributed by atoms with E-state index in [1.165, 1.54) is 0 Å². The number of ether oxygens (including phenoxy) is 3. The first-order valence-electron chi connectivity index (χ1n) is 12.5. The fourth-order valence-corrected chi connectivity index (χ4v) is 4.91. The largest absolute Gasteiger partial charge is 0.510 e. The van der Waals surface area contributed by atoms with E-state index in [0.29, 0.717) is 31.2 Å². The molecule has 2 heterocycles. The highest BCUT2D eigenvalue weighted by molar-refractivity contribution is 5.94. The van der Waals surface area contributed by atoms with Crippen LogP contribution in [-0.4, -0.2) is 49.2 Å². The predicted molar refractivity (Wildman–Crippen MR) is 133 cm³/mol. The minimum atomic E-state index is -0.975. The molecule has 2 aromatic carbocycles. The van der Waals surface area contributed by atoms with Gasteiger partial charge in [-0.25, -0.2) is 4.79 Å². The average Bonchev–Trinajstić information content (AvgIpc) is 3.40. The van der Waals surface area contributed by atoms with E-state index in [2.05, 4.69) is 0 Å². The molecule has 0 aliphatic carbocycles. The molecule has 1 fully saturated rings. The summed E-state index contributed by atoms with van der Waals surface area (Å²) < 4.78 is 17.3. The molecule has 1 saturated heterocycles. The summed E-state index contributed by atoms with van der Waals surface area (Å²) in [6, 6.07) is 17.0. The third-order valence-electron chi connectivity index (χ3n) is 6.71. The molecule has 2 aliphatic heterocycles. The molecule has 7 heteroatoms. The molecule has 2 aromatic rings. The van der Waals surface area contributed by atoms with Gasteiger partial charge in [0.05, 0.1) is 13.0 Å². The Hall–Kier alpha value is -3.03. The van der Waals surface area contributed by atoms with Crippen molar-refractivity contribution in [3.63, 3.8) is 0 Å². The number of para-hydroxylation sites is 1. The van der Waals surface area contributed by atoms with Crippen molar-refractivity contribution >= 4 is 11.7 Å². The summed E-state index contributed by atoms with van der Waals surface area (Å²) in [6.07, 6.45) is 3.41. The molecule has 0 bridgehead atoms. The molecule has 0 saturated carbocycles. The van der Waals surface area contributed by atoms with Gasteiger partial charge in [-0.05, 0) is 61.4 Å². The Morgan fingerprint density at radius 2 is 1.91 bits per heavy atom. The van der Waals surface area contributed by atoms with Crippen LogP contribution < -0.4 is 9.64 Å². The zero-order valence-corrected chi connectivity index (χ0v) is 20.3. The number of hydrogen-bond acceptors (Lipinski definition) is 7. The molecule has 0 spiro atoms. The van der Waals surface area contributed by atoms with Crippen LogP contribution in [0.3, 0.4) is 0 Å². The van der Waals surface area contributed by atoms with Gasteiger partial charge in [0.2, 0.25) is 0 Å². The molecule has 188 valence electrons. The van der Waals surface area contributed by atoms with E-state index >= 15 is 0 Å². The van der Waals surface area contributed by atoms with Gasteiger partial charge in [0.25, 0.3) is 0 Å². The van der Waals surface area contributed by atoms with Crippen LogP contribution >= 0.6 is 0 Å². The number of aliphatic hydroxyl groups is 2. The van der Waals surface area contributed by atoms with Gasteiger partial charge in [-0.3, -0.25) is 0 Å². The van der Waals surface area contributed by atoms with E-state index in [1.54, 1.807) is 0 Å². The summed E-state index contributed by atoms with van der Waals surface area (Å²) >= 11 is 0. The third kappa shape index (κ3) is 5.80. The molecule has 2 atom stereocenters. The second kappa shape index (κ2) is 11.6. The van der Waals surface area contributed by atoms with Gasteiger partial charge in [-0.2, -0.15) is 0 Å². The average molecular weight is 482 g/mol. The standard InChI is InChI=1S/C28H35NO6/c1-2-15-29(23-6-4-3-5-7-23)26-25(31)19-28(35-27(26)32,14-12-21-13-17-33-20-21)22-8-10-24(11-9-22)34-18-16-30/h3-11,21,30-31H,2,12-20H2,1H3. The number of carbonyl (C=O) groups excluding carboxylic acids is 1. The number of nitrogens with zero attached hydrogens (tertiary/aromatic N) is 1. The summed E-state index contributed by atoms with van der Waals surface area (Å²) in [6.45, 7) is 4.23. The van der Waals surface area contributed by atoms with Gasteiger partial charge >= 0.3 is 5.97 Å². The van der Waals surface area contributed by atoms with Gasteiger partial charge in [-0.15, -0.1) is 0 Å². The van der Waals surface area contributed by atoms with Gasteiger partial charge in [-0.1, -0.05) is 37.3 Å². The number of benzene rings is 2. The summed E-state index contributed by atoms with van der Waals surface area (Å²) in [7, 11) is 0. The van der Waals surface area contributed by atoms with E-state index in [-0.39, 0.29) is 31.1 Å². The van der Waals surface area contributed by atoms with E-state index in [9.17, 15) is 9.90 Å². The number of aliphatic hydroxyl groups excluding tert-OH is 2. The fraction of sp³-hybridized carbons (Fsp3) is 0.464. The lowest BCUT2D eigenvalue weighted by atomic mass is 9.81. The molecule has 2 N–H and O–H groups in total. The molecule has 4 rings (SSSR count). The maximum Gasteiger partial charge on any atom is 0.359 e. The fourth-order valence-electron chi connectivity index (χ4n) is 4.91. The lowest BCUT2D eigenvalue weighted by Crippen LogP contribution is -2.43. The van der Waals surface area contributed by atoms with Crippen LogP contribution in [0.1, 0.15) is 44.6 Å². The zero-order valence-electron chi connectivity index (χ0n) is 20.3. The van der Waals surface area contributed by atoms with Crippen molar-refractivity contribution in [2.24, 2.45) is 5.92 Å². The Labute approximate surface area is 206 Å². The van der Waals surface area contributed by atoms with Crippen LogP contribution in [-0.2, 0) is 19.9 Å². The van der Waals surface area contributed by atoms with Crippen LogP contribution in [0.15, 0.2) is 66.1 Å². The maximum absolute atomic E-state index is 13.5. The lowest BCUT2D eigenvalue weighted by Gasteiger charge is -2.40. The van der Waals surface area contributed by atoms with Crippen LogP contribution in [0.4, 0.5) is 5.69 Å². The first-order chi connectivity index (χ1) is 17.1. The van der Waals surface area contributed by atoms with Gasteiger partial charge < -0.3 is 29.3 Å². The quantitative estimate of drug-likeness (QED) is 0.450. The molecule has 2 unspecified atom stereocenters. The Balaban J connectivity index is 1.66. The smallest absolute Gasteiger partial charge is 0.359 e. The number of cyclic esters (lactones) is 1. The number of carbonyl (C=O) groups is 1. The molecular formula is C28H35NO6. The SMILES string of the molecule is CCCN(C1=C(O)CC(CCC2CCOC2)(c2ccc(OCCO)cc2)OC1=O)c1ccccc1. The van der Waals surface area contributed by atoms with E-state index in [4.69, 9.17) is 19.3 Å². The summed E-state index contributed by atoms with van der Waals surface area (Å²) in [5.74, 6) is 0.560. The van der Waals surface area contributed by atoms with Crippen LogP contribution in [0, 0.1) is 5.92 Å². The summed E-state index contributed by atoms with van der Waals surface area (Å²) in [5, 5.41) is 20.3. The highest BCUT2D eigenvalue weighted by atomic mass is 16.6. The molecule has 0 aromatic heterocycles. The van der Waals surface area contributed by atoms with Crippen molar-refractivity contribution in [2.75, 3.05) is 37.9 Å². The predicted octanol–water partition coefficient (Wildman–Crippen LogP) is 4.70. The minimum Gasteiger partial charge on any atom is -0.510 e. The van der Waals surface area contributed by atoms with Gasteiger partial charge in [0.1, 0.15) is 23.7 Å². The first kappa shape index (κ1) is 25.1. The molecule has 35 heavy (non-hydrogen) atoms. The number of anilines is 1. The van der Waals surface area contributed by atoms with Gasteiger partial charge in [0.15, 0.2) is 5.70 Å². The van der Waals surface area contributed by atoms with Crippen LogP contribution in [0.25, 0.3) is 0 Å². The molecule has 7 nitrogen and oxygen atoms in total. The van der Waals surface area contributed by atoms with E-state index in [1.807, 2.05) is 66.4 Å². The highest BCUT2D eigenvalue weighted by Crippen LogP contribution is 2.44. The van der Waals surface area contributed by atoms with Gasteiger partial charge in [0, 0.05) is 25.4 Å². The van der Waals surface area contributed by atoms with Crippen LogP contribution in [0.5, 0.6) is 5.75 Å². The normalized spacial score (nSPS) is 22.2. The highest BCUT2D eigenvalue weighted by Gasteiger charge is 2.45. The second-order valence-corrected chi connectivity index (χ2v) is 9.21. The Morgan fingerprint density at radius 3 is 2.54 bits per heavy atom. The second-order valence-electron chi connectivity index (χ2n) is 9.21. The number of rotatable bonds is 11. The van der Waals surface area contributed by atoms with Crippen molar-refractivity contribution in [1.29, 1.82) is 0 Å². The Kier molecular flexibility index (Phi) is 8.31. The number of hydrogen-bond donors (Lipinski definition) is 2. The minimum absolute atomic E-state index is 0.0434. The zero-order chi connectivity index (χ0) is 24.7. The van der Waals surface area contributed by atoms with Crippen molar-refractivity contribution in [3.8, 4) is 5.75 Å². The van der Waals surface area contributed by atoms with E-state index in [0.717, 1.165) is 37.1 Å². The van der Waals surface area contributed by atoms with E-state index < -0.39 is 11.6 Å². The van der Waals surface area contributed by atoms with Crippen molar-refractivity contribution in [3.05, 3.63) is 71.6 Å². The van der Waals surface area contributed by atoms with Crippen molar-refractivity contribution in [2.45, 2.75) is 44.6 Å². The number of esters is 1. The molecular weight excluding hydrogens is 446 g/mol. The maximum atomic E-state index is 13.5. The molecule has 2 aliphatic rings. The Bertz CT molecular complexity index is 1000. The van der Waals surface area contributed by atoms with Crippen molar-refractivity contribution in [1.82, 2.24) is 0 Å². The third-order valence-corrected chi connectivity index (χ3v) is 6.71. The molecule has 0 amide bonds. The van der Waals surface area contributed by atoms with Crippen LogP contribution in [0.2, 0.25) is 0 Å². The topological polar surface area (TPSA) is 88.5 Å². The first-order valence-corrected chi connectivity index (χ1v) is 12.5. The lowest BCUT2D eigenvalue weighted by molar-refractivity contribution is -0.162. The molecule has 0 radical (unpaired) electrons. The summed E-state index contributed by atoms with van der Waals surface area (Å²) in [5.41, 5.74) is 0.889. The summed E-state index contributed by atoms with van der Waals surface area (Å²) in [4.78, 5) is 15.4. The van der Waals surface area contributed by atoms with Crippen molar-refractivity contribution < 1.29 is 29.2 Å². The Morgan fingerprint density at radius 1 is 1.14 bits per heavy atom.